The van der Waals surface area contributed by atoms with Gasteiger partial charge in [0.25, 0.3) is 11.8 Å². The smallest absolute Gasteiger partial charge is 0.276 e. The number of likely N-dealkylation sites (N-methyl/N-ethyl adjacent to an activating group) is 1. The highest BCUT2D eigenvalue weighted by atomic mass is 32.1. The minimum absolute atomic E-state index is 0.184. The van der Waals surface area contributed by atoms with Crippen molar-refractivity contribution in [2.45, 2.75) is 60.2 Å². The molecule has 0 spiro atoms. The Morgan fingerprint density at radius 3 is 1.97 bits per heavy atom. The Morgan fingerprint density at radius 1 is 0.810 bits per heavy atom. The van der Waals surface area contributed by atoms with Crippen LogP contribution in [-0.2, 0) is 26.1 Å². The number of allylic oxidation sites excluding steroid dienone is 2. The van der Waals surface area contributed by atoms with Crippen molar-refractivity contribution in [1.82, 2.24) is 43.7 Å². The average molecular weight is 880 g/mol. The van der Waals surface area contributed by atoms with Gasteiger partial charge in [-0.25, -0.2) is 15.0 Å². The minimum atomic E-state index is -0.658. The SMILES string of the molecule is CCc1nc(C)sc1C(=O)Nc1nc2cc(C(N)=O)cc(OC)c2n1C/C=C/Cn1c(NC(=O)c2cc(C)nn2CC)nc2cc(C(N)=O)cc(OCCCN3CCN(C)CC3)c21. The molecule has 2 aromatic carbocycles. The van der Waals surface area contributed by atoms with Crippen LogP contribution in [0.2, 0.25) is 0 Å². The predicted molar refractivity (Wildman–Crippen MR) is 241 cm³/mol. The van der Waals surface area contributed by atoms with Gasteiger partial charge < -0.3 is 39.9 Å². The molecule has 1 aliphatic heterocycles. The average Bonchev–Trinajstić information content (AvgIpc) is 4.03. The molecule has 7 rings (SSSR count). The van der Waals surface area contributed by atoms with Gasteiger partial charge in [-0.3, -0.25) is 34.5 Å². The van der Waals surface area contributed by atoms with Crippen LogP contribution in [0.15, 0.2) is 42.5 Å². The van der Waals surface area contributed by atoms with Crippen molar-refractivity contribution in [3.8, 4) is 11.5 Å². The Bertz CT molecular complexity index is 2720. The van der Waals surface area contributed by atoms with Crippen LogP contribution in [-0.4, -0.2) is 121 Å². The second-order valence-corrected chi connectivity index (χ2v) is 16.5. The summed E-state index contributed by atoms with van der Waals surface area (Å²) in [5.41, 5.74) is 15.4. The van der Waals surface area contributed by atoms with E-state index < -0.39 is 17.7 Å². The number of hydrogen-bond donors (Lipinski definition) is 4. The number of imidazole rings is 2. The summed E-state index contributed by atoms with van der Waals surface area (Å²) in [7, 11) is 3.60. The number of nitrogens with two attached hydrogens (primary N) is 2. The Morgan fingerprint density at radius 2 is 1.40 bits per heavy atom. The normalized spacial score (nSPS) is 13.6. The number of nitrogens with one attached hydrogen (secondary N) is 2. The fourth-order valence-electron chi connectivity index (χ4n) is 7.64. The van der Waals surface area contributed by atoms with Gasteiger partial charge in [-0.2, -0.15) is 5.10 Å². The lowest BCUT2D eigenvalue weighted by Gasteiger charge is -2.32. The van der Waals surface area contributed by atoms with Crippen molar-refractivity contribution in [2.24, 2.45) is 11.5 Å². The van der Waals surface area contributed by atoms with Gasteiger partial charge in [0.05, 0.1) is 41.1 Å². The van der Waals surface area contributed by atoms with E-state index in [4.69, 9.17) is 30.9 Å². The van der Waals surface area contributed by atoms with Crippen molar-refractivity contribution in [3.63, 3.8) is 0 Å². The molecule has 5 heterocycles. The zero-order chi connectivity index (χ0) is 44.9. The maximum absolute atomic E-state index is 13.8. The molecule has 1 fully saturated rings. The second-order valence-electron chi connectivity index (χ2n) is 15.3. The summed E-state index contributed by atoms with van der Waals surface area (Å²) in [5, 5.41) is 11.1. The summed E-state index contributed by atoms with van der Waals surface area (Å²) in [5.74, 6) is -0.957. The van der Waals surface area contributed by atoms with Gasteiger partial charge in [0.1, 0.15) is 33.1 Å². The van der Waals surface area contributed by atoms with Crippen LogP contribution < -0.4 is 31.6 Å². The molecule has 4 aromatic heterocycles. The number of anilines is 2. The molecule has 0 bridgehead atoms. The molecule has 6 aromatic rings. The lowest BCUT2D eigenvalue weighted by molar-refractivity contribution is 0.0991. The first-order chi connectivity index (χ1) is 30.3. The molecule has 0 saturated carbocycles. The molecular formula is C43H53N13O6S. The number of fused-ring (bicyclic) bond motifs is 2. The molecule has 19 nitrogen and oxygen atoms in total. The molecular weight excluding hydrogens is 827 g/mol. The second kappa shape index (κ2) is 19.2. The first kappa shape index (κ1) is 44.4. The summed E-state index contributed by atoms with van der Waals surface area (Å²) in [6, 6.07) is 7.98. The maximum atomic E-state index is 13.8. The number of carbonyl (C=O) groups excluding carboxylic acids is 4. The highest BCUT2D eigenvalue weighted by Crippen LogP contribution is 2.33. The monoisotopic (exact) mass is 879 g/mol. The molecule has 4 amide bonds. The van der Waals surface area contributed by atoms with Gasteiger partial charge in [-0.15, -0.1) is 11.3 Å². The van der Waals surface area contributed by atoms with Gasteiger partial charge >= 0.3 is 0 Å². The van der Waals surface area contributed by atoms with Gasteiger partial charge in [-0.05, 0) is 71.0 Å². The highest BCUT2D eigenvalue weighted by Gasteiger charge is 2.24. The highest BCUT2D eigenvalue weighted by molar-refractivity contribution is 7.13. The van der Waals surface area contributed by atoms with Crippen molar-refractivity contribution in [1.29, 1.82) is 0 Å². The number of rotatable bonds is 18. The number of amides is 4. The van der Waals surface area contributed by atoms with Crippen LogP contribution >= 0.6 is 11.3 Å². The third-order valence-electron chi connectivity index (χ3n) is 10.8. The van der Waals surface area contributed by atoms with Crippen LogP contribution in [0.4, 0.5) is 11.9 Å². The first-order valence-electron chi connectivity index (χ1n) is 20.8. The number of methoxy groups -OCH3 is 1. The number of benzene rings is 2. The topological polar surface area (TPSA) is 236 Å². The van der Waals surface area contributed by atoms with Crippen LogP contribution in [0.25, 0.3) is 22.1 Å². The van der Waals surface area contributed by atoms with E-state index in [-0.39, 0.29) is 42.0 Å². The lowest BCUT2D eigenvalue weighted by Crippen LogP contribution is -2.44. The Labute approximate surface area is 368 Å². The van der Waals surface area contributed by atoms with E-state index in [0.717, 1.165) is 44.2 Å². The third kappa shape index (κ3) is 9.72. The van der Waals surface area contributed by atoms with Crippen LogP contribution in [0.5, 0.6) is 11.5 Å². The summed E-state index contributed by atoms with van der Waals surface area (Å²) in [6.45, 7) is 13.5. The zero-order valence-corrected chi connectivity index (χ0v) is 37.2. The molecule has 1 aliphatic rings. The molecule has 0 radical (unpaired) electrons. The third-order valence-corrected chi connectivity index (χ3v) is 11.9. The number of hydrogen-bond acceptors (Lipinski definition) is 13. The van der Waals surface area contributed by atoms with Gasteiger partial charge in [0.2, 0.25) is 23.7 Å². The first-order valence-corrected chi connectivity index (χ1v) is 21.6. The predicted octanol–water partition coefficient (Wildman–Crippen LogP) is 4.22. The summed E-state index contributed by atoms with van der Waals surface area (Å²) in [6.07, 6.45) is 5.06. The van der Waals surface area contributed by atoms with E-state index in [0.29, 0.717) is 75.1 Å². The number of carbonyl (C=O) groups is 4. The van der Waals surface area contributed by atoms with Gasteiger partial charge in [0.15, 0.2) is 0 Å². The fraction of sp³-hybridized carbons (Fsp3) is 0.395. The number of thiazole rings is 1. The van der Waals surface area contributed by atoms with Crippen LogP contribution in [0.3, 0.4) is 0 Å². The summed E-state index contributed by atoms with van der Waals surface area (Å²) >= 11 is 1.29. The number of piperazine rings is 1. The summed E-state index contributed by atoms with van der Waals surface area (Å²) in [4.78, 5) is 71.6. The molecule has 0 atom stereocenters. The quantitative estimate of drug-likeness (QED) is 0.0702. The molecule has 0 unspecified atom stereocenters. The van der Waals surface area contributed by atoms with Crippen molar-refractivity contribution < 1.29 is 28.7 Å². The van der Waals surface area contributed by atoms with Crippen molar-refractivity contribution in [2.75, 3.05) is 64.1 Å². The Balaban J connectivity index is 1.24. The maximum Gasteiger partial charge on any atom is 0.276 e. The number of nitrogens with zero attached hydrogens (tertiary/aromatic N) is 9. The van der Waals surface area contributed by atoms with E-state index >= 15 is 0 Å². The number of ether oxygens (including phenoxy) is 2. The van der Waals surface area contributed by atoms with E-state index in [1.54, 1.807) is 38.1 Å². The number of aromatic nitrogens is 7. The Kier molecular flexibility index (Phi) is 13.5. The molecule has 332 valence electrons. The van der Waals surface area contributed by atoms with Crippen molar-refractivity contribution >= 4 is 68.9 Å². The number of primary amides is 2. The minimum Gasteiger partial charge on any atom is -0.494 e. The number of aryl methyl sites for hydroxylation is 4. The van der Waals surface area contributed by atoms with Crippen LogP contribution in [0.1, 0.15) is 77.5 Å². The summed E-state index contributed by atoms with van der Waals surface area (Å²) < 4.78 is 17.3. The molecule has 1 saturated heterocycles. The van der Waals surface area contributed by atoms with Gasteiger partial charge in [-0.1, -0.05) is 19.1 Å². The van der Waals surface area contributed by atoms with E-state index in [9.17, 15) is 19.2 Å². The molecule has 63 heavy (non-hydrogen) atoms. The fourth-order valence-corrected chi connectivity index (χ4v) is 8.54. The zero-order valence-electron chi connectivity index (χ0n) is 36.4. The van der Waals surface area contributed by atoms with Crippen molar-refractivity contribution in [3.05, 3.63) is 80.6 Å². The largest absolute Gasteiger partial charge is 0.494 e. The molecule has 0 aliphatic carbocycles. The van der Waals surface area contributed by atoms with E-state index in [1.165, 1.54) is 24.5 Å². The lowest BCUT2D eigenvalue weighted by atomic mass is 10.1. The van der Waals surface area contributed by atoms with Gasteiger partial charge in [0, 0.05) is 63.5 Å². The van der Waals surface area contributed by atoms with E-state index in [1.807, 2.05) is 39.8 Å². The Hall–Kier alpha value is -6.64. The molecule has 6 N–H and O–H groups in total. The van der Waals surface area contributed by atoms with E-state index in [2.05, 4.69) is 37.6 Å². The standard InChI is InChI=1S/C43H53N13O6S/c1-7-29-37(63-26(4)46-29)41(60)50-43-47-30-21-27(38(44)57)23-33(61-6)35(30)54(43)13-9-10-14-55-36-31(48-42(55)49-40(59)32-20-25(3)51-56(32)8-2)22-28(39(45)58)24-34(36)62-19-11-12-53-17-15-52(5)16-18-53/h9-10,20-24H,7-8,11-19H2,1-6H3,(H2,44,57)(H2,45,58)(H,47,50,60)(H,48,49,59)/b10-9+. The van der Waals surface area contributed by atoms with Crippen LogP contribution in [0, 0.1) is 13.8 Å². The molecule has 20 heteroatoms.